The quantitative estimate of drug-likeness (QED) is 0.812. The van der Waals surface area contributed by atoms with E-state index in [0.717, 1.165) is 30.0 Å². The summed E-state index contributed by atoms with van der Waals surface area (Å²) in [7, 11) is -3.79. The van der Waals surface area contributed by atoms with Crippen molar-refractivity contribution in [2.45, 2.75) is 37.1 Å². The highest BCUT2D eigenvalue weighted by atomic mass is 35.5. The zero-order valence-corrected chi connectivity index (χ0v) is 14.9. The fourth-order valence-electron chi connectivity index (χ4n) is 3.07. The Hall–Kier alpha value is -1.63. The Balaban J connectivity index is 0.00000208. The highest BCUT2D eigenvalue weighted by Gasteiger charge is 2.27. The van der Waals surface area contributed by atoms with Crippen molar-refractivity contribution < 1.29 is 12.8 Å². The Kier molecular flexibility index (Phi) is 5.52. The number of hydrogen-bond acceptors (Lipinski definition) is 3. The van der Waals surface area contributed by atoms with E-state index in [1.807, 2.05) is 12.1 Å². The number of halogens is 2. The van der Waals surface area contributed by atoms with Gasteiger partial charge in [-0.05, 0) is 67.1 Å². The first-order valence-electron chi connectivity index (χ1n) is 7.53. The molecule has 0 aromatic heterocycles. The lowest BCUT2D eigenvalue weighted by Crippen LogP contribution is -2.31. The van der Waals surface area contributed by atoms with E-state index in [1.165, 1.54) is 12.1 Å². The molecule has 1 aliphatic carbocycles. The largest absolute Gasteiger partial charge is 0.399 e. The summed E-state index contributed by atoms with van der Waals surface area (Å²) in [6, 6.07) is 9.01. The standard InChI is InChI=1S/C17H19FN2O2S.ClH/c1-11-5-6-13(18)10-17(11)23(21,22)20-16-4-2-3-12-9-14(19)7-8-15(12)16;/h5-10,16,20H,2-4,19H2,1H3;1H. The molecule has 2 aromatic carbocycles. The van der Waals surface area contributed by atoms with Crippen LogP contribution in [-0.4, -0.2) is 8.42 Å². The molecule has 1 unspecified atom stereocenters. The Morgan fingerprint density at radius 3 is 2.71 bits per heavy atom. The number of hydrogen-bond donors (Lipinski definition) is 2. The maximum absolute atomic E-state index is 13.4. The van der Waals surface area contributed by atoms with Crippen LogP contribution in [0.3, 0.4) is 0 Å². The third-order valence-electron chi connectivity index (χ3n) is 4.22. The molecule has 0 aliphatic heterocycles. The van der Waals surface area contributed by atoms with Crippen molar-refractivity contribution in [2.75, 3.05) is 5.73 Å². The van der Waals surface area contributed by atoms with Crippen molar-refractivity contribution in [3.8, 4) is 0 Å². The lowest BCUT2D eigenvalue weighted by molar-refractivity contribution is 0.506. The lowest BCUT2D eigenvalue weighted by atomic mass is 9.88. The number of nitrogens with two attached hydrogens (primary N) is 1. The van der Waals surface area contributed by atoms with Gasteiger partial charge in [-0.2, -0.15) is 0 Å². The van der Waals surface area contributed by atoms with Gasteiger partial charge in [0, 0.05) is 11.7 Å². The van der Waals surface area contributed by atoms with E-state index >= 15 is 0 Å². The molecule has 0 bridgehead atoms. The molecule has 2 aromatic rings. The molecule has 24 heavy (non-hydrogen) atoms. The molecule has 7 heteroatoms. The first-order valence-corrected chi connectivity index (χ1v) is 9.02. The van der Waals surface area contributed by atoms with Crippen molar-refractivity contribution >= 4 is 28.1 Å². The van der Waals surface area contributed by atoms with Crippen LogP contribution in [0, 0.1) is 12.7 Å². The molecular formula is C17H20ClFN2O2S. The normalized spacial score (nSPS) is 17.0. The lowest BCUT2D eigenvalue weighted by Gasteiger charge is -2.26. The van der Waals surface area contributed by atoms with Gasteiger partial charge in [0.1, 0.15) is 5.82 Å². The van der Waals surface area contributed by atoms with Crippen LogP contribution in [-0.2, 0) is 16.4 Å². The van der Waals surface area contributed by atoms with E-state index in [9.17, 15) is 12.8 Å². The molecule has 130 valence electrons. The fourth-order valence-corrected chi connectivity index (χ4v) is 4.58. The number of fused-ring (bicyclic) bond motifs is 1. The Morgan fingerprint density at radius 1 is 1.21 bits per heavy atom. The number of nitrogen functional groups attached to an aromatic ring is 1. The second kappa shape index (κ2) is 7.09. The van der Waals surface area contributed by atoms with Gasteiger partial charge in [-0.15, -0.1) is 12.4 Å². The molecule has 0 fully saturated rings. The van der Waals surface area contributed by atoms with Crippen molar-refractivity contribution in [1.29, 1.82) is 0 Å². The van der Waals surface area contributed by atoms with Crippen LogP contribution in [0.25, 0.3) is 0 Å². The Labute approximate surface area is 147 Å². The topological polar surface area (TPSA) is 72.2 Å². The molecule has 1 atom stereocenters. The summed E-state index contributed by atoms with van der Waals surface area (Å²) < 4.78 is 41.4. The number of anilines is 1. The van der Waals surface area contributed by atoms with Gasteiger partial charge in [0.2, 0.25) is 10.0 Å². The maximum Gasteiger partial charge on any atom is 0.241 e. The molecule has 1 aliphatic rings. The third-order valence-corrected chi connectivity index (χ3v) is 5.83. The minimum Gasteiger partial charge on any atom is -0.399 e. The van der Waals surface area contributed by atoms with E-state index < -0.39 is 15.8 Å². The van der Waals surface area contributed by atoms with Crippen LogP contribution in [0.2, 0.25) is 0 Å². The molecule has 0 spiro atoms. The van der Waals surface area contributed by atoms with E-state index in [4.69, 9.17) is 5.73 Å². The highest BCUT2D eigenvalue weighted by Crippen LogP contribution is 2.32. The van der Waals surface area contributed by atoms with Crippen LogP contribution in [0.4, 0.5) is 10.1 Å². The van der Waals surface area contributed by atoms with Gasteiger partial charge in [0.25, 0.3) is 0 Å². The molecule has 0 saturated carbocycles. The van der Waals surface area contributed by atoms with Crippen LogP contribution in [0.5, 0.6) is 0 Å². The van der Waals surface area contributed by atoms with Gasteiger partial charge < -0.3 is 5.73 Å². The van der Waals surface area contributed by atoms with Crippen LogP contribution in [0.1, 0.15) is 35.6 Å². The predicted octanol–water partition coefficient (Wildman–Crippen LogP) is 3.49. The maximum atomic E-state index is 13.4. The second-order valence-corrected chi connectivity index (χ2v) is 7.62. The molecule has 3 rings (SSSR count). The van der Waals surface area contributed by atoms with Gasteiger partial charge in [0.15, 0.2) is 0 Å². The summed E-state index contributed by atoms with van der Waals surface area (Å²) in [5, 5.41) is 0. The fraction of sp³-hybridized carbons (Fsp3) is 0.294. The minimum absolute atomic E-state index is 0. The monoisotopic (exact) mass is 370 g/mol. The van der Waals surface area contributed by atoms with E-state index in [0.29, 0.717) is 17.7 Å². The van der Waals surface area contributed by atoms with Crippen molar-refractivity contribution in [1.82, 2.24) is 4.72 Å². The summed E-state index contributed by atoms with van der Waals surface area (Å²) in [4.78, 5) is -0.0138. The third kappa shape index (κ3) is 3.71. The number of sulfonamides is 1. The van der Waals surface area contributed by atoms with Gasteiger partial charge in [0.05, 0.1) is 4.90 Å². The molecular weight excluding hydrogens is 351 g/mol. The zero-order chi connectivity index (χ0) is 16.6. The summed E-state index contributed by atoms with van der Waals surface area (Å²) in [6.45, 7) is 1.66. The molecule has 0 radical (unpaired) electrons. The first-order chi connectivity index (χ1) is 10.9. The molecule has 0 amide bonds. The van der Waals surface area contributed by atoms with Gasteiger partial charge in [-0.3, -0.25) is 0 Å². The van der Waals surface area contributed by atoms with E-state index in [1.54, 1.807) is 13.0 Å². The highest BCUT2D eigenvalue weighted by molar-refractivity contribution is 7.89. The minimum atomic E-state index is -3.79. The van der Waals surface area contributed by atoms with Crippen molar-refractivity contribution in [3.63, 3.8) is 0 Å². The smallest absolute Gasteiger partial charge is 0.241 e. The van der Waals surface area contributed by atoms with Crippen molar-refractivity contribution in [2.24, 2.45) is 0 Å². The van der Waals surface area contributed by atoms with Crippen LogP contribution in [0.15, 0.2) is 41.3 Å². The summed E-state index contributed by atoms with van der Waals surface area (Å²) in [6.07, 6.45) is 2.48. The summed E-state index contributed by atoms with van der Waals surface area (Å²) in [5.41, 5.74) is 9.01. The Morgan fingerprint density at radius 2 is 1.96 bits per heavy atom. The predicted molar refractivity (Wildman–Crippen MR) is 95.2 cm³/mol. The number of benzene rings is 2. The average Bonchev–Trinajstić information content (AvgIpc) is 2.49. The van der Waals surface area contributed by atoms with Crippen LogP contribution < -0.4 is 10.5 Å². The average molecular weight is 371 g/mol. The first kappa shape index (κ1) is 18.7. The number of nitrogens with one attached hydrogen (secondary N) is 1. The number of aryl methyl sites for hydroxylation is 2. The summed E-state index contributed by atoms with van der Waals surface area (Å²) in [5.74, 6) is -0.562. The van der Waals surface area contributed by atoms with E-state index in [2.05, 4.69) is 4.72 Å². The van der Waals surface area contributed by atoms with Gasteiger partial charge >= 0.3 is 0 Å². The molecule has 0 saturated heterocycles. The summed E-state index contributed by atoms with van der Waals surface area (Å²) >= 11 is 0. The zero-order valence-electron chi connectivity index (χ0n) is 13.3. The second-order valence-electron chi connectivity index (χ2n) is 5.93. The van der Waals surface area contributed by atoms with Gasteiger partial charge in [-0.1, -0.05) is 12.1 Å². The van der Waals surface area contributed by atoms with E-state index in [-0.39, 0.29) is 23.3 Å². The molecule has 3 N–H and O–H groups in total. The van der Waals surface area contributed by atoms with Gasteiger partial charge in [-0.25, -0.2) is 17.5 Å². The molecule has 0 heterocycles. The number of rotatable bonds is 3. The Bertz CT molecular complexity index is 856. The van der Waals surface area contributed by atoms with Crippen LogP contribution >= 0.6 is 12.4 Å². The van der Waals surface area contributed by atoms with Crippen molar-refractivity contribution in [3.05, 3.63) is 58.9 Å². The molecule has 4 nitrogen and oxygen atoms in total. The SMILES string of the molecule is Cc1ccc(F)cc1S(=O)(=O)NC1CCCc2cc(N)ccc21.Cl.